The van der Waals surface area contributed by atoms with Gasteiger partial charge in [0.25, 0.3) is 0 Å². The Morgan fingerprint density at radius 1 is 0.872 bits per heavy atom. The van der Waals surface area contributed by atoms with Crippen molar-refractivity contribution in [2.75, 3.05) is 13.6 Å². The maximum absolute atomic E-state index is 6.19. The molecule has 4 aliphatic rings. The second-order valence-electron chi connectivity index (χ2n) is 11.3. The molecule has 7 nitrogen and oxygen atoms in total. The summed E-state index contributed by atoms with van der Waals surface area (Å²) < 4.78 is 12.1. The first-order valence-corrected chi connectivity index (χ1v) is 13.7. The number of nitrogens with zero attached hydrogens (tertiary/aromatic N) is 4. The first-order valence-electron chi connectivity index (χ1n) is 13.7. The Labute approximate surface area is 225 Å². The molecule has 39 heavy (non-hydrogen) atoms. The van der Waals surface area contributed by atoms with Crippen LogP contribution in [0.15, 0.2) is 99.3 Å². The van der Waals surface area contributed by atoms with E-state index in [9.17, 15) is 0 Å². The molecule has 5 aromatic rings. The smallest absolute Gasteiger partial charge is 0.128 e. The second kappa shape index (κ2) is 7.45. The summed E-state index contributed by atoms with van der Waals surface area (Å²) in [5.74, 6) is 2.26. The van der Waals surface area contributed by atoms with E-state index in [0.717, 1.165) is 58.9 Å². The number of hydrogen-bond acceptors (Lipinski definition) is 7. The fourth-order valence-electron chi connectivity index (χ4n) is 8.56. The van der Waals surface area contributed by atoms with E-state index in [-0.39, 0.29) is 23.3 Å². The molecule has 2 unspecified atom stereocenters. The molecular formula is C32H27N5O2. The summed E-state index contributed by atoms with van der Waals surface area (Å²) in [5, 5.41) is 5.18. The molecule has 3 aromatic heterocycles. The number of rotatable bonds is 2. The minimum absolute atomic E-state index is 0.0217. The third-order valence-corrected chi connectivity index (χ3v) is 9.88. The maximum Gasteiger partial charge on any atom is 0.128 e. The largest absolute Gasteiger partial charge is 0.469 e. The van der Waals surface area contributed by atoms with Crippen LogP contribution in [0.2, 0.25) is 0 Å². The van der Waals surface area contributed by atoms with Crippen LogP contribution < -0.4 is 5.43 Å². The van der Waals surface area contributed by atoms with Crippen molar-refractivity contribution in [3.63, 3.8) is 0 Å². The Bertz CT molecular complexity index is 1780. The Kier molecular flexibility index (Phi) is 4.14. The molecule has 1 saturated heterocycles. The van der Waals surface area contributed by atoms with Crippen LogP contribution in [0, 0.1) is 11.3 Å². The lowest BCUT2D eigenvalue weighted by atomic mass is 9.59. The number of hydrogen-bond donors (Lipinski definition) is 1. The monoisotopic (exact) mass is 513 g/mol. The van der Waals surface area contributed by atoms with Crippen LogP contribution in [0.4, 0.5) is 0 Å². The second-order valence-corrected chi connectivity index (χ2v) is 11.3. The van der Waals surface area contributed by atoms with Crippen LogP contribution in [0.3, 0.4) is 0 Å². The first kappa shape index (κ1) is 21.7. The number of nitrogens with one attached hydrogen (secondary N) is 1. The summed E-state index contributed by atoms with van der Waals surface area (Å²) >= 11 is 0. The van der Waals surface area contributed by atoms with Crippen LogP contribution in [0.25, 0.3) is 22.3 Å². The molecule has 192 valence electrons. The molecule has 1 N–H and O–H groups in total. The number of furan rings is 2. The highest BCUT2D eigenvalue weighted by atomic mass is 16.3. The first-order chi connectivity index (χ1) is 19.2. The number of benzene rings is 2. The summed E-state index contributed by atoms with van der Waals surface area (Å²) in [4.78, 5) is 13.2. The van der Waals surface area contributed by atoms with Gasteiger partial charge in [-0.05, 0) is 61.9 Å². The minimum atomic E-state index is -0.541. The highest BCUT2D eigenvalue weighted by Gasteiger charge is 2.74. The predicted molar refractivity (Wildman–Crippen MR) is 147 cm³/mol. The van der Waals surface area contributed by atoms with Crippen molar-refractivity contribution >= 4 is 16.7 Å². The van der Waals surface area contributed by atoms with Crippen molar-refractivity contribution in [1.29, 1.82) is 0 Å². The van der Waals surface area contributed by atoms with Crippen LogP contribution in [0.5, 0.6) is 0 Å². The van der Waals surface area contributed by atoms with Gasteiger partial charge in [-0.3, -0.25) is 10.3 Å². The number of fused-ring (bicyclic) bond motifs is 9. The van der Waals surface area contributed by atoms with Crippen LogP contribution >= 0.6 is 0 Å². The zero-order valence-corrected chi connectivity index (χ0v) is 21.5. The van der Waals surface area contributed by atoms with Gasteiger partial charge in [-0.2, -0.15) is 5.10 Å². The summed E-state index contributed by atoms with van der Waals surface area (Å²) in [5.41, 5.74) is 10.0. The molecular weight excluding hydrogens is 486 g/mol. The van der Waals surface area contributed by atoms with Crippen molar-refractivity contribution in [2.24, 2.45) is 16.4 Å². The Morgan fingerprint density at radius 2 is 1.62 bits per heavy atom. The highest BCUT2D eigenvalue weighted by Crippen LogP contribution is 2.72. The molecule has 5 heterocycles. The molecule has 2 aliphatic heterocycles. The lowest BCUT2D eigenvalue weighted by Crippen LogP contribution is -2.53. The summed E-state index contributed by atoms with van der Waals surface area (Å²) in [6.45, 7) is 0.826. The zero-order chi connectivity index (χ0) is 25.8. The van der Waals surface area contributed by atoms with Gasteiger partial charge in [-0.25, -0.2) is 9.97 Å². The molecule has 1 saturated carbocycles. The average molecular weight is 514 g/mol. The lowest BCUT2D eigenvalue weighted by molar-refractivity contribution is 0.134. The van der Waals surface area contributed by atoms with E-state index in [0.29, 0.717) is 0 Å². The van der Waals surface area contributed by atoms with E-state index < -0.39 is 5.54 Å². The topological polar surface area (TPSA) is 79.7 Å². The lowest BCUT2D eigenvalue weighted by Gasteiger charge is -2.46. The summed E-state index contributed by atoms with van der Waals surface area (Å²) in [7, 11) is 2.24. The predicted octanol–water partition coefficient (Wildman–Crippen LogP) is 5.87. The van der Waals surface area contributed by atoms with E-state index in [2.05, 4.69) is 65.9 Å². The normalized spacial score (nSPS) is 30.6. The minimum Gasteiger partial charge on any atom is -0.469 e. The highest BCUT2D eigenvalue weighted by molar-refractivity contribution is 6.01. The fraction of sp³-hybridized carbons (Fsp3) is 0.281. The van der Waals surface area contributed by atoms with E-state index in [1.807, 2.05) is 24.3 Å². The van der Waals surface area contributed by atoms with Gasteiger partial charge >= 0.3 is 0 Å². The molecule has 0 bridgehead atoms. The molecule has 2 aliphatic carbocycles. The molecule has 5 atom stereocenters. The molecule has 0 radical (unpaired) electrons. The van der Waals surface area contributed by atoms with Crippen LogP contribution in [0.1, 0.15) is 47.6 Å². The Balaban J connectivity index is 1.36. The van der Waals surface area contributed by atoms with Gasteiger partial charge in [0.15, 0.2) is 0 Å². The number of likely N-dealkylation sites (N-methyl/N-ethyl adjacent to an activating group) is 1. The van der Waals surface area contributed by atoms with Crippen molar-refractivity contribution in [3.05, 3.63) is 108 Å². The van der Waals surface area contributed by atoms with Gasteiger partial charge in [-0.15, -0.1) is 0 Å². The van der Waals surface area contributed by atoms with E-state index in [1.165, 1.54) is 11.3 Å². The SMILES string of the molecule is CN1C[C@@H](c2ccco2)[C@@]2(CCC3C2=NNC3c2ccco2)[C@@]12c1ccccc1-c1nc3ccccc3nc12. The quantitative estimate of drug-likeness (QED) is 0.318. The van der Waals surface area contributed by atoms with Crippen LogP contribution in [-0.4, -0.2) is 34.2 Å². The molecule has 9 rings (SSSR count). The zero-order valence-electron chi connectivity index (χ0n) is 21.5. The fourth-order valence-corrected chi connectivity index (χ4v) is 8.56. The van der Waals surface area contributed by atoms with Gasteiger partial charge in [-0.1, -0.05) is 36.4 Å². The third-order valence-electron chi connectivity index (χ3n) is 9.88. The third kappa shape index (κ3) is 2.46. The van der Waals surface area contributed by atoms with Crippen molar-refractivity contribution < 1.29 is 8.83 Å². The number of hydrazone groups is 1. The molecule has 2 fully saturated rings. The van der Waals surface area contributed by atoms with Gasteiger partial charge in [0.1, 0.15) is 23.1 Å². The molecule has 7 heteroatoms. The van der Waals surface area contributed by atoms with Crippen molar-refractivity contribution in [1.82, 2.24) is 20.3 Å². The number of likely N-dealkylation sites (tertiary alicyclic amines) is 1. The summed E-state index contributed by atoms with van der Waals surface area (Å²) in [6, 6.07) is 25.1. The molecule has 0 amide bonds. The van der Waals surface area contributed by atoms with Gasteiger partial charge < -0.3 is 8.83 Å². The standard InChI is InChI=1S/C32H27N5O2/c1-37-18-22(25-12-6-16-38-25)31(15-14-20-27(35-36-29(20)31)26-13-7-17-39-26)32(37)21-9-3-2-8-19(21)28-30(32)34-24-11-5-4-10-23(24)33-28/h2-13,16-17,20,22,27,35H,14-15,18H2,1H3/t20?,22-,27?,31+,32-/m0/s1. The van der Waals surface area contributed by atoms with Crippen molar-refractivity contribution in [2.45, 2.75) is 30.3 Å². The Hall–Kier alpha value is -4.23. The number of aromatic nitrogens is 2. The van der Waals surface area contributed by atoms with Gasteiger partial charge in [0.05, 0.1) is 46.1 Å². The average Bonchev–Trinajstić information content (AvgIpc) is 3.80. The van der Waals surface area contributed by atoms with E-state index >= 15 is 0 Å². The van der Waals surface area contributed by atoms with Crippen molar-refractivity contribution in [3.8, 4) is 11.3 Å². The van der Waals surface area contributed by atoms with E-state index in [1.54, 1.807) is 12.5 Å². The number of para-hydroxylation sites is 2. The van der Waals surface area contributed by atoms with Crippen LogP contribution in [-0.2, 0) is 5.54 Å². The van der Waals surface area contributed by atoms with Gasteiger partial charge in [0.2, 0.25) is 0 Å². The Morgan fingerprint density at radius 3 is 2.41 bits per heavy atom. The summed E-state index contributed by atoms with van der Waals surface area (Å²) in [6.07, 6.45) is 5.51. The molecule has 2 aromatic carbocycles. The maximum atomic E-state index is 6.19. The van der Waals surface area contributed by atoms with E-state index in [4.69, 9.17) is 23.9 Å². The molecule has 2 spiro atoms. The van der Waals surface area contributed by atoms with Gasteiger partial charge in [0, 0.05) is 23.9 Å².